The van der Waals surface area contributed by atoms with Gasteiger partial charge in [-0.2, -0.15) is 10.2 Å². The minimum atomic E-state index is -0.741. The Bertz CT molecular complexity index is 1570. The van der Waals surface area contributed by atoms with E-state index in [-0.39, 0.29) is 5.91 Å². The maximum Gasteiger partial charge on any atom is 0.280 e. The molecule has 0 spiro atoms. The first-order valence-corrected chi connectivity index (χ1v) is 13.0. The highest BCUT2D eigenvalue weighted by molar-refractivity contribution is 5.91. The third-order valence-electron chi connectivity index (χ3n) is 6.16. The fourth-order valence-electron chi connectivity index (χ4n) is 4.15. The molecule has 0 unspecified atom stereocenters. The van der Waals surface area contributed by atoms with Crippen LogP contribution < -0.4 is 14.9 Å². The van der Waals surface area contributed by atoms with Crippen molar-refractivity contribution in [2.75, 3.05) is 6.61 Å². The van der Waals surface area contributed by atoms with E-state index in [4.69, 9.17) is 14.6 Å². The van der Waals surface area contributed by atoms with E-state index in [9.17, 15) is 4.79 Å². The summed E-state index contributed by atoms with van der Waals surface area (Å²) in [5, 5.41) is 11.0. The second-order valence-corrected chi connectivity index (χ2v) is 9.06. The summed E-state index contributed by atoms with van der Waals surface area (Å²) >= 11 is 0. The molecule has 1 atom stereocenters. The molecule has 0 fully saturated rings. The molecule has 1 heterocycles. The lowest BCUT2D eigenvalue weighted by atomic mass is 10.1. The summed E-state index contributed by atoms with van der Waals surface area (Å²) in [5.74, 6) is 1.11. The number of fused-ring (bicyclic) bond motifs is 1. The van der Waals surface area contributed by atoms with Crippen LogP contribution in [0.1, 0.15) is 25.8 Å². The molecule has 0 aliphatic carbocycles. The van der Waals surface area contributed by atoms with Crippen LogP contribution in [0.4, 0.5) is 0 Å². The minimum absolute atomic E-state index is 0.353. The molecular formula is C32H30N4O3. The van der Waals surface area contributed by atoms with Crippen molar-refractivity contribution in [3.8, 4) is 28.4 Å². The minimum Gasteiger partial charge on any atom is -0.494 e. The topological polar surface area (TPSA) is 77.7 Å². The van der Waals surface area contributed by atoms with Gasteiger partial charge in [-0.3, -0.25) is 4.79 Å². The lowest BCUT2D eigenvalue weighted by Gasteiger charge is -2.14. The fourth-order valence-corrected chi connectivity index (χ4v) is 4.15. The molecule has 0 bridgehead atoms. The van der Waals surface area contributed by atoms with E-state index in [1.807, 2.05) is 103 Å². The number of hydrogen-bond acceptors (Lipinski definition) is 5. The van der Waals surface area contributed by atoms with Crippen LogP contribution in [0.15, 0.2) is 108 Å². The number of nitrogens with one attached hydrogen (secondary N) is 1. The number of carbonyl (C=O) groups is 1. The molecule has 7 nitrogen and oxygen atoms in total. The largest absolute Gasteiger partial charge is 0.494 e. The predicted octanol–water partition coefficient (Wildman–Crippen LogP) is 6.40. The molecule has 0 radical (unpaired) electrons. The molecule has 39 heavy (non-hydrogen) atoms. The lowest BCUT2D eigenvalue weighted by molar-refractivity contribution is -0.127. The fraction of sp³-hybridized carbons (Fsp3) is 0.156. The second-order valence-electron chi connectivity index (χ2n) is 9.06. The maximum atomic E-state index is 12.8. The Balaban J connectivity index is 1.34. The molecule has 0 saturated heterocycles. The highest BCUT2D eigenvalue weighted by Gasteiger charge is 2.16. The van der Waals surface area contributed by atoms with Crippen LogP contribution in [0.5, 0.6) is 11.5 Å². The number of para-hydroxylation sites is 1. The second kappa shape index (κ2) is 12.1. The Labute approximate surface area is 227 Å². The van der Waals surface area contributed by atoms with E-state index in [1.54, 1.807) is 17.8 Å². The first-order valence-electron chi connectivity index (χ1n) is 13.0. The predicted molar refractivity (Wildman–Crippen MR) is 155 cm³/mol. The van der Waals surface area contributed by atoms with Crippen molar-refractivity contribution in [2.45, 2.75) is 26.4 Å². The van der Waals surface area contributed by atoms with Crippen molar-refractivity contribution in [1.82, 2.24) is 15.2 Å². The monoisotopic (exact) mass is 518 g/mol. The number of benzene rings is 4. The Morgan fingerprint density at radius 1 is 0.974 bits per heavy atom. The van der Waals surface area contributed by atoms with Crippen molar-refractivity contribution >= 4 is 22.9 Å². The molecule has 7 heteroatoms. The van der Waals surface area contributed by atoms with Gasteiger partial charge in [0.1, 0.15) is 17.2 Å². The number of ether oxygens (including phenoxy) is 2. The van der Waals surface area contributed by atoms with Gasteiger partial charge in [-0.05, 0) is 61.2 Å². The Morgan fingerprint density at radius 2 is 1.72 bits per heavy atom. The van der Waals surface area contributed by atoms with E-state index in [1.165, 1.54) is 0 Å². The zero-order chi connectivity index (χ0) is 27.0. The normalized spacial score (nSPS) is 11.9. The third-order valence-corrected chi connectivity index (χ3v) is 6.16. The number of hydrogen-bond donors (Lipinski definition) is 1. The molecule has 0 saturated carbocycles. The summed E-state index contributed by atoms with van der Waals surface area (Å²) in [5.41, 5.74) is 5.93. The van der Waals surface area contributed by atoms with Crippen LogP contribution in [-0.4, -0.2) is 34.6 Å². The van der Waals surface area contributed by atoms with Crippen molar-refractivity contribution in [2.24, 2.45) is 5.10 Å². The molecule has 0 aliphatic heterocycles. The van der Waals surface area contributed by atoms with Crippen LogP contribution in [0.25, 0.3) is 27.7 Å². The van der Waals surface area contributed by atoms with E-state index in [0.29, 0.717) is 12.4 Å². The average Bonchev–Trinajstić information content (AvgIpc) is 3.41. The van der Waals surface area contributed by atoms with Gasteiger partial charge in [0.25, 0.3) is 5.91 Å². The summed E-state index contributed by atoms with van der Waals surface area (Å²) in [6, 6.07) is 31.3. The summed E-state index contributed by atoms with van der Waals surface area (Å²) in [7, 11) is 0. The van der Waals surface area contributed by atoms with E-state index >= 15 is 0 Å². The first kappa shape index (κ1) is 25.7. The molecule has 1 amide bonds. The van der Waals surface area contributed by atoms with Crippen LogP contribution in [0.3, 0.4) is 0 Å². The van der Waals surface area contributed by atoms with Gasteiger partial charge in [0.05, 0.1) is 18.5 Å². The molecule has 1 aromatic heterocycles. The number of nitrogens with zero attached hydrogens (tertiary/aromatic N) is 3. The summed E-state index contributed by atoms with van der Waals surface area (Å²) < 4.78 is 13.5. The molecule has 196 valence electrons. The van der Waals surface area contributed by atoms with Gasteiger partial charge in [-0.1, -0.05) is 61.5 Å². The van der Waals surface area contributed by atoms with Crippen LogP contribution in [0, 0.1) is 0 Å². The number of amides is 1. The molecular weight excluding hydrogens is 488 g/mol. The summed E-state index contributed by atoms with van der Waals surface area (Å²) in [6.45, 7) is 4.45. The van der Waals surface area contributed by atoms with Crippen LogP contribution >= 0.6 is 0 Å². The number of hydrazone groups is 1. The van der Waals surface area contributed by atoms with E-state index in [0.717, 1.165) is 45.5 Å². The Kier molecular flexibility index (Phi) is 7.98. The Morgan fingerprint density at radius 3 is 2.51 bits per heavy atom. The molecule has 1 N–H and O–H groups in total. The van der Waals surface area contributed by atoms with E-state index in [2.05, 4.69) is 17.5 Å². The average molecular weight is 519 g/mol. The quantitative estimate of drug-likeness (QED) is 0.171. The summed E-state index contributed by atoms with van der Waals surface area (Å²) in [6.07, 6.45) is 3.69. The van der Waals surface area contributed by atoms with Crippen LogP contribution in [-0.2, 0) is 4.79 Å². The van der Waals surface area contributed by atoms with Crippen molar-refractivity contribution < 1.29 is 14.3 Å². The van der Waals surface area contributed by atoms with Crippen molar-refractivity contribution in [1.29, 1.82) is 0 Å². The standard InChI is InChI=1S/C32H30N4O3/c1-3-20-38-28-18-16-25(17-19-28)31-26(22-36(35-31)27-12-5-4-6-13-27)21-33-34-32(37)23(2)39-30-15-9-11-24-10-7-8-14-29(24)30/h4-19,21-23H,3,20H2,1-2H3,(H,34,37)/b33-21-/t23-/m1/s1. The van der Waals surface area contributed by atoms with Crippen LogP contribution in [0.2, 0.25) is 0 Å². The zero-order valence-electron chi connectivity index (χ0n) is 22.0. The van der Waals surface area contributed by atoms with Crippen molar-refractivity contribution in [3.05, 3.63) is 109 Å². The van der Waals surface area contributed by atoms with Gasteiger partial charge in [0, 0.05) is 22.7 Å². The molecule has 4 aromatic carbocycles. The van der Waals surface area contributed by atoms with Crippen molar-refractivity contribution in [3.63, 3.8) is 0 Å². The number of carbonyl (C=O) groups excluding carboxylic acids is 1. The third kappa shape index (κ3) is 6.15. The molecule has 5 rings (SSSR count). The highest BCUT2D eigenvalue weighted by atomic mass is 16.5. The van der Waals surface area contributed by atoms with Gasteiger partial charge in [0.2, 0.25) is 0 Å². The first-order chi connectivity index (χ1) is 19.1. The molecule has 5 aromatic rings. The van der Waals surface area contributed by atoms with Gasteiger partial charge in [0.15, 0.2) is 6.10 Å². The smallest absolute Gasteiger partial charge is 0.280 e. The van der Waals surface area contributed by atoms with Gasteiger partial charge < -0.3 is 9.47 Å². The SMILES string of the molecule is CCCOc1ccc(-c2nn(-c3ccccc3)cc2/C=N\NC(=O)[C@@H](C)Oc2cccc3ccccc23)cc1. The summed E-state index contributed by atoms with van der Waals surface area (Å²) in [4.78, 5) is 12.8. The van der Waals surface area contributed by atoms with Gasteiger partial charge in [-0.25, -0.2) is 10.1 Å². The zero-order valence-corrected chi connectivity index (χ0v) is 22.0. The lowest BCUT2D eigenvalue weighted by Crippen LogP contribution is -2.33. The van der Waals surface area contributed by atoms with Gasteiger partial charge in [-0.15, -0.1) is 0 Å². The number of rotatable bonds is 10. The van der Waals surface area contributed by atoms with Gasteiger partial charge >= 0.3 is 0 Å². The van der Waals surface area contributed by atoms with E-state index < -0.39 is 6.10 Å². The molecule has 0 aliphatic rings. The number of aromatic nitrogens is 2. The maximum absolute atomic E-state index is 12.8. The highest BCUT2D eigenvalue weighted by Crippen LogP contribution is 2.27. The Hall–Kier alpha value is -4.91.